The molecule has 106 valence electrons. The average Bonchev–Trinajstić information content (AvgIpc) is 2.41. The van der Waals surface area contributed by atoms with Gasteiger partial charge in [-0.25, -0.2) is 17.2 Å². The highest BCUT2D eigenvalue weighted by atomic mass is 32.2. The van der Waals surface area contributed by atoms with Crippen molar-refractivity contribution >= 4 is 9.84 Å². The van der Waals surface area contributed by atoms with Crippen LogP contribution in [0.5, 0.6) is 0 Å². The van der Waals surface area contributed by atoms with Gasteiger partial charge in [-0.3, -0.25) is 0 Å². The summed E-state index contributed by atoms with van der Waals surface area (Å²) < 4.78 is 50.4. The summed E-state index contributed by atoms with van der Waals surface area (Å²) in [6.45, 7) is 1.55. The summed E-state index contributed by atoms with van der Waals surface area (Å²) in [5.41, 5.74) is 0.564. The summed E-state index contributed by atoms with van der Waals surface area (Å²) in [7, 11) is -3.91. The Bertz CT molecular complexity index is 723. The second-order valence-corrected chi connectivity index (χ2v) is 6.27. The van der Waals surface area contributed by atoms with Crippen LogP contribution in [0.15, 0.2) is 52.3 Å². The maximum atomic E-state index is 13.1. The third kappa shape index (κ3) is 2.71. The molecule has 0 radical (unpaired) electrons. The number of aliphatic hydroxyl groups is 1. The molecule has 0 amide bonds. The summed E-state index contributed by atoms with van der Waals surface area (Å²) >= 11 is 0. The minimum Gasteiger partial charge on any atom is -0.389 e. The van der Waals surface area contributed by atoms with Crippen molar-refractivity contribution in [2.75, 3.05) is 0 Å². The molecule has 6 heteroatoms. The fraction of sp³-hybridized carbons (Fsp3) is 0.143. The van der Waals surface area contributed by atoms with Crippen LogP contribution in [0.25, 0.3) is 0 Å². The van der Waals surface area contributed by atoms with Gasteiger partial charge in [0, 0.05) is 0 Å². The molecule has 0 fully saturated rings. The molecule has 0 heterocycles. The van der Waals surface area contributed by atoms with Crippen LogP contribution in [0.3, 0.4) is 0 Å². The Morgan fingerprint density at radius 2 is 1.50 bits per heavy atom. The largest absolute Gasteiger partial charge is 0.389 e. The molecule has 0 bridgehead atoms. The molecule has 2 rings (SSSR count). The van der Waals surface area contributed by atoms with Gasteiger partial charge in [-0.15, -0.1) is 0 Å². The quantitative estimate of drug-likeness (QED) is 0.887. The first-order valence-electron chi connectivity index (χ1n) is 5.80. The van der Waals surface area contributed by atoms with E-state index in [0.29, 0.717) is 11.6 Å². The predicted octanol–water partition coefficient (Wildman–Crippen LogP) is 2.85. The second-order valence-electron chi connectivity index (χ2n) is 4.32. The third-order valence-electron chi connectivity index (χ3n) is 2.87. The average molecular weight is 298 g/mol. The van der Waals surface area contributed by atoms with E-state index < -0.39 is 27.6 Å². The van der Waals surface area contributed by atoms with E-state index in [1.165, 1.54) is 24.3 Å². The van der Waals surface area contributed by atoms with Gasteiger partial charge in [0.25, 0.3) is 0 Å². The van der Waals surface area contributed by atoms with E-state index in [9.17, 15) is 22.3 Å². The Kier molecular flexibility index (Phi) is 3.87. The summed E-state index contributed by atoms with van der Waals surface area (Å²) in [6.07, 6.45) is -0.713. The Morgan fingerprint density at radius 1 is 0.950 bits per heavy atom. The normalized spacial score (nSPS) is 13.2. The lowest BCUT2D eigenvalue weighted by atomic mass is 10.1. The first-order valence-corrected chi connectivity index (χ1v) is 7.29. The maximum absolute atomic E-state index is 13.1. The first-order chi connectivity index (χ1) is 9.32. The molecule has 2 aromatic carbocycles. The van der Waals surface area contributed by atoms with E-state index in [1.54, 1.807) is 6.92 Å². The Balaban J connectivity index is 2.46. The number of halogens is 2. The van der Waals surface area contributed by atoms with Crippen molar-refractivity contribution in [2.24, 2.45) is 0 Å². The van der Waals surface area contributed by atoms with Gasteiger partial charge in [0.1, 0.15) is 0 Å². The monoisotopic (exact) mass is 298 g/mol. The highest BCUT2D eigenvalue weighted by molar-refractivity contribution is 7.91. The lowest BCUT2D eigenvalue weighted by molar-refractivity contribution is 0.199. The minimum atomic E-state index is -3.91. The van der Waals surface area contributed by atoms with Crippen molar-refractivity contribution in [3.05, 3.63) is 59.7 Å². The molecule has 0 saturated heterocycles. The van der Waals surface area contributed by atoms with E-state index in [2.05, 4.69) is 0 Å². The second kappa shape index (κ2) is 5.30. The van der Waals surface area contributed by atoms with Crippen molar-refractivity contribution < 1.29 is 22.3 Å². The molecule has 2 aromatic rings. The molecular weight excluding hydrogens is 286 g/mol. The number of aliphatic hydroxyl groups excluding tert-OH is 1. The molecule has 0 spiro atoms. The predicted molar refractivity (Wildman–Crippen MR) is 68.9 cm³/mol. The number of hydrogen-bond acceptors (Lipinski definition) is 3. The van der Waals surface area contributed by atoms with Gasteiger partial charge in [-0.05, 0) is 42.8 Å². The van der Waals surface area contributed by atoms with E-state index in [4.69, 9.17) is 0 Å². The lowest BCUT2D eigenvalue weighted by Crippen LogP contribution is -2.03. The highest BCUT2D eigenvalue weighted by Gasteiger charge is 2.19. The molecule has 0 aliphatic heterocycles. The molecule has 20 heavy (non-hydrogen) atoms. The molecule has 1 atom stereocenters. The van der Waals surface area contributed by atoms with Crippen LogP contribution in [-0.2, 0) is 9.84 Å². The van der Waals surface area contributed by atoms with Gasteiger partial charge in [0.15, 0.2) is 11.6 Å². The Morgan fingerprint density at radius 3 is 2.00 bits per heavy atom. The number of hydrogen-bond donors (Lipinski definition) is 1. The molecule has 1 N–H and O–H groups in total. The Labute approximate surface area is 115 Å². The standard InChI is InChI=1S/C14H12F2O3S/c1-9(17)10-2-4-11(5-3-10)20(18,19)12-6-7-13(15)14(16)8-12/h2-9,17H,1H3. The van der Waals surface area contributed by atoms with E-state index >= 15 is 0 Å². The van der Waals surface area contributed by atoms with Crippen molar-refractivity contribution in [2.45, 2.75) is 22.8 Å². The van der Waals surface area contributed by atoms with Crippen LogP contribution in [0.1, 0.15) is 18.6 Å². The van der Waals surface area contributed by atoms with Crippen molar-refractivity contribution in [1.29, 1.82) is 0 Å². The highest BCUT2D eigenvalue weighted by Crippen LogP contribution is 2.24. The summed E-state index contributed by atoms with van der Waals surface area (Å²) in [6, 6.07) is 8.00. The summed E-state index contributed by atoms with van der Waals surface area (Å²) in [5, 5.41) is 9.36. The van der Waals surface area contributed by atoms with Gasteiger partial charge in [-0.1, -0.05) is 12.1 Å². The van der Waals surface area contributed by atoms with Crippen molar-refractivity contribution in [3.63, 3.8) is 0 Å². The lowest BCUT2D eigenvalue weighted by Gasteiger charge is -2.08. The van der Waals surface area contributed by atoms with Gasteiger partial charge in [-0.2, -0.15) is 0 Å². The van der Waals surface area contributed by atoms with Crippen LogP contribution in [-0.4, -0.2) is 13.5 Å². The zero-order valence-electron chi connectivity index (χ0n) is 10.5. The fourth-order valence-electron chi connectivity index (χ4n) is 1.71. The topological polar surface area (TPSA) is 54.4 Å². The number of benzene rings is 2. The minimum absolute atomic E-state index is 0.0482. The first kappa shape index (κ1) is 14.6. The van der Waals surface area contributed by atoms with E-state index in [1.807, 2.05) is 0 Å². The number of sulfone groups is 1. The van der Waals surface area contributed by atoms with Crippen molar-refractivity contribution in [1.82, 2.24) is 0 Å². The number of rotatable bonds is 3. The van der Waals surface area contributed by atoms with Gasteiger partial charge < -0.3 is 5.11 Å². The van der Waals surface area contributed by atoms with Crippen molar-refractivity contribution in [3.8, 4) is 0 Å². The van der Waals surface area contributed by atoms with Crippen LogP contribution in [0, 0.1) is 11.6 Å². The SMILES string of the molecule is CC(O)c1ccc(S(=O)(=O)c2ccc(F)c(F)c2)cc1. The molecule has 0 saturated carbocycles. The fourth-order valence-corrected chi connectivity index (χ4v) is 2.98. The Hall–Kier alpha value is -1.79. The molecule has 0 aliphatic rings. The zero-order chi connectivity index (χ0) is 14.9. The molecule has 1 unspecified atom stereocenters. The molecule has 0 aliphatic carbocycles. The van der Waals surface area contributed by atoms with E-state index in [-0.39, 0.29) is 9.79 Å². The zero-order valence-corrected chi connectivity index (χ0v) is 11.4. The van der Waals surface area contributed by atoms with Crippen LogP contribution >= 0.6 is 0 Å². The smallest absolute Gasteiger partial charge is 0.206 e. The van der Waals surface area contributed by atoms with Gasteiger partial charge in [0.2, 0.25) is 9.84 Å². The summed E-state index contributed by atoms with van der Waals surface area (Å²) in [4.78, 5) is -0.367. The third-order valence-corrected chi connectivity index (χ3v) is 4.64. The summed E-state index contributed by atoms with van der Waals surface area (Å²) in [5.74, 6) is -2.32. The molecule has 3 nitrogen and oxygen atoms in total. The van der Waals surface area contributed by atoms with Crippen LogP contribution < -0.4 is 0 Å². The van der Waals surface area contributed by atoms with Gasteiger partial charge >= 0.3 is 0 Å². The van der Waals surface area contributed by atoms with E-state index in [0.717, 1.165) is 12.1 Å². The molecular formula is C14H12F2O3S. The maximum Gasteiger partial charge on any atom is 0.206 e. The van der Waals surface area contributed by atoms with Crippen LogP contribution in [0.4, 0.5) is 8.78 Å². The van der Waals surface area contributed by atoms with Crippen LogP contribution in [0.2, 0.25) is 0 Å². The van der Waals surface area contributed by atoms with Gasteiger partial charge in [0.05, 0.1) is 15.9 Å². The molecule has 0 aromatic heterocycles.